The second-order valence-electron chi connectivity index (χ2n) is 12.1. The number of aliphatic hydroxyl groups excluding tert-OH is 1. The molecule has 6 rings (SSSR count). The fourth-order valence-electron chi connectivity index (χ4n) is 5.88. The largest absolute Gasteiger partial charge is 0.479 e. The normalized spacial score (nSPS) is 16.2. The number of hydrogen-bond donors (Lipinski definition) is 5. The van der Waals surface area contributed by atoms with Crippen LogP contribution in [0.5, 0.6) is 0 Å². The van der Waals surface area contributed by atoms with Crippen LogP contribution in [0.2, 0.25) is 0 Å². The highest BCUT2D eigenvalue weighted by Gasteiger charge is 2.69. The molecule has 2 unspecified atom stereocenters. The maximum Gasteiger partial charge on any atom is 0.348 e. The molecule has 0 amide bonds. The molecule has 276 valence electrons. The SMILES string of the molecule is O=C(O)C(O)(C(=O)c1ccccc1)C(O)(C(=O)O)C(=O)c1ccccc1.OCCOCCN1CCN(C2=Nc3ccccc3Sc3ccccc32)CC1. The lowest BCUT2D eigenvalue weighted by Crippen LogP contribution is -2.71. The fraction of sp³-hybridized carbons (Fsp3) is 0.256. The number of carboxylic acid groups (broad SMARTS) is 2. The van der Waals surface area contributed by atoms with Crippen LogP contribution in [0.25, 0.3) is 0 Å². The maximum atomic E-state index is 12.6. The highest BCUT2D eigenvalue weighted by molar-refractivity contribution is 7.99. The summed E-state index contributed by atoms with van der Waals surface area (Å²) in [6.07, 6.45) is 0. The van der Waals surface area contributed by atoms with E-state index in [-0.39, 0.29) is 6.61 Å². The van der Waals surface area contributed by atoms with Crippen LogP contribution in [0.1, 0.15) is 26.3 Å². The molecule has 0 spiro atoms. The lowest BCUT2D eigenvalue weighted by molar-refractivity contribution is -0.187. The molecule has 2 aliphatic rings. The zero-order valence-electron chi connectivity index (χ0n) is 28.6. The van der Waals surface area contributed by atoms with Gasteiger partial charge in [-0.3, -0.25) is 14.5 Å². The summed E-state index contributed by atoms with van der Waals surface area (Å²) in [5, 5.41) is 48.7. The highest BCUT2D eigenvalue weighted by Crippen LogP contribution is 2.40. The van der Waals surface area contributed by atoms with Gasteiger partial charge in [-0.2, -0.15) is 0 Å². The van der Waals surface area contributed by atoms with Gasteiger partial charge in [-0.15, -0.1) is 0 Å². The van der Waals surface area contributed by atoms with Crippen molar-refractivity contribution in [3.05, 3.63) is 126 Å². The molecule has 1 saturated heterocycles. The van der Waals surface area contributed by atoms with E-state index in [0.29, 0.717) is 13.2 Å². The molecule has 2 atom stereocenters. The molecule has 4 aromatic rings. The molecule has 0 bridgehead atoms. The number of aliphatic carboxylic acids is 2. The minimum atomic E-state index is -3.95. The molecular formula is C39H39N3O10S. The van der Waals surface area contributed by atoms with Crippen LogP contribution in [0.15, 0.2) is 124 Å². The highest BCUT2D eigenvalue weighted by atomic mass is 32.2. The third-order valence-electron chi connectivity index (χ3n) is 8.77. The van der Waals surface area contributed by atoms with Gasteiger partial charge in [0.15, 0.2) is 0 Å². The molecule has 1 fully saturated rings. The van der Waals surface area contributed by atoms with E-state index in [1.165, 1.54) is 51.8 Å². The Morgan fingerprint density at radius 2 is 1.15 bits per heavy atom. The number of para-hydroxylation sites is 1. The maximum absolute atomic E-state index is 12.6. The first-order chi connectivity index (χ1) is 25.5. The van der Waals surface area contributed by atoms with E-state index in [1.54, 1.807) is 11.8 Å². The third kappa shape index (κ3) is 8.38. The molecule has 2 heterocycles. The molecule has 0 saturated carbocycles. The van der Waals surface area contributed by atoms with Crippen LogP contribution in [0.3, 0.4) is 0 Å². The number of Topliss-reactive ketones (excluding diaryl/α,β-unsaturated/α-hetero) is 2. The van der Waals surface area contributed by atoms with Crippen LogP contribution in [-0.4, -0.2) is 128 Å². The number of benzene rings is 4. The van der Waals surface area contributed by atoms with Crippen molar-refractivity contribution >= 4 is 46.8 Å². The van der Waals surface area contributed by atoms with Crippen LogP contribution in [0.4, 0.5) is 5.69 Å². The van der Waals surface area contributed by atoms with Crippen LogP contribution in [-0.2, 0) is 14.3 Å². The van der Waals surface area contributed by atoms with E-state index in [0.717, 1.165) is 68.5 Å². The number of aliphatic imine (C=N–C) groups is 1. The van der Waals surface area contributed by atoms with Gasteiger partial charge in [-0.25, -0.2) is 14.6 Å². The smallest absolute Gasteiger partial charge is 0.348 e. The summed E-state index contributed by atoms with van der Waals surface area (Å²) >= 11 is 1.80. The predicted molar refractivity (Wildman–Crippen MR) is 196 cm³/mol. The second-order valence-corrected chi connectivity index (χ2v) is 13.2. The summed E-state index contributed by atoms with van der Waals surface area (Å²) in [4.78, 5) is 60.9. The number of piperazine rings is 1. The molecular weight excluding hydrogens is 703 g/mol. The zero-order valence-corrected chi connectivity index (χ0v) is 29.4. The summed E-state index contributed by atoms with van der Waals surface area (Å²) in [5.41, 5.74) is -6.41. The van der Waals surface area contributed by atoms with E-state index in [4.69, 9.17) is 14.8 Å². The quantitative estimate of drug-likeness (QED) is 0.0807. The molecule has 0 aromatic heterocycles. The van der Waals surface area contributed by atoms with E-state index < -0.39 is 45.8 Å². The first kappa shape index (κ1) is 39.0. The van der Waals surface area contributed by atoms with E-state index >= 15 is 0 Å². The average Bonchev–Trinajstić information content (AvgIpc) is 3.36. The van der Waals surface area contributed by atoms with Crippen LogP contribution >= 0.6 is 11.8 Å². The number of fused-ring (bicyclic) bond motifs is 2. The van der Waals surface area contributed by atoms with Crippen molar-refractivity contribution in [2.75, 3.05) is 52.5 Å². The number of ketones is 2. The number of hydrogen-bond acceptors (Lipinski definition) is 12. The van der Waals surface area contributed by atoms with Gasteiger partial charge in [0.1, 0.15) is 5.84 Å². The first-order valence-electron chi connectivity index (χ1n) is 16.7. The molecule has 13 nitrogen and oxygen atoms in total. The van der Waals surface area contributed by atoms with Gasteiger partial charge < -0.3 is 35.2 Å². The standard InChI is InChI=1S/C21H25N3O2S.C18H14O8/c25-14-16-26-15-13-23-9-11-24(12-10-23)21-17-5-1-3-7-19(17)27-20-8-4-2-6-18(20)22-21;19-13(11-7-3-1-4-8-11)17(25,15(21)22)18(26,16(23)24)14(20)12-9-5-2-6-10-12/h1-8,25H,9-16H2;1-10,25-26H,(H,21,22)(H,23,24). The number of carbonyl (C=O) groups is 4. The van der Waals surface area contributed by atoms with Gasteiger partial charge >= 0.3 is 11.9 Å². The summed E-state index contributed by atoms with van der Waals surface area (Å²) in [7, 11) is 0. The van der Waals surface area contributed by atoms with E-state index in [2.05, 4.69) is 58.3 Å². The van der Waals surface area contributed by atoms with Crippen molar-refractivity contribution in [2.45, 2.75) is 21.0 Å². The molecule has 2 aliphatic heterocycles. The van der Waals surface area contributed by atoms with E-state index in [1.807, 2.05) is 0 Å². The van der Waals surface area contributed by atoms with Crippen LogP contribution < -0.4 is 0 Å². The van der Waals surface area contributed by atoms with Crippen molar-refractivity contribution in [3.63, 3.8) is 0 Å². The second kappa shape index (κ2) is 17.5. The van der Waals surface area contributed by atoms with Gasteiger partial charge in [-0.05, 0) is 18.2 Å². The monoisotopic (exact) mass is 741 g/mol. The average molecular weight is 742 g/mol. The number of rotatable bonds is 12. The first-order valence-corrected chi connectivity index (χ1v) is 17.6. The molecule has 0 radical (unpaired) electrons. The minimum Gasteiger partial charge on any atom is -0.479 e. The van der Waals surface area contributed by atoms with Crippen LogP contribution in [0, 0.1) is 0 Å². The lowest BCUT2D eigenvalue weighted by atomic mass is 9.73. The Balaban J connectivity index is 0.000000205. The van der Waals surface area contributed by atoms with Crippen molar-refractivity contribution in [3.8, 4) is 0 Å². The van der Waals surface area contributed by atoms with Crippen molar-refractivity contribution in [1.29, 1.82) is 0 Å². The Hall–Kier alpha value is -5.22. The molecule has 4 aromatic carbocycles. The van der Waals surface area contributed by atoms with Crippen molar-refractivity contribution in [1.82, 2.24) is 9.80 Å². The van der Waals surface area contributed by atoms with E-state index in [9.17, 15) is 39.6 Å². The van der Waals surface area contributed by atoms with Gasteiger partial charge in [0.25, 0.3) is 11.2 Å². The van der Waals surface area contributed by atoms with Gasteiger partial charge in [0.05, 0.1) is 25.5 Å². The number of ether oxygens (including phenoxy) is 1. The molecule has 0 aliphatic carbocycles. The molecule has 53 heavy (non-hydrogen) atoms. The topological polar surface area (TPSA) is 198 Å². The predicted octanol–water partition coefficient (Wildman–Crippen LogP) is 3.24. The molecule has 5 N–H and O–H groups in total. The Morgan fingerprint density at radius 3 is 1.68 bits per heavy atom. The minimum absolute atomic E-state index is 0.0898. The Morgan fingerprint density at radius 1 is 0.660 bits per heavy atom. The number of nitrogens with zero attached hydrogens (tertiary/aromatic N) is 3. The third-order valence-corrected chi connectivity index (χ3v) is 9.91. The number of aliphatic hydroxyl groups is 3. The summed E-state index contributed by atoms with van der Waals surface area (Å²) < 4.78 is 5.40. The van der Waals surface area contributed by atoms with Gasteiger partial charge in [0, 0.05) is 59.2 Å². The zero-order chi connectivity index (χ0) is 38.0. The Labute approximate surface area is 309 Å². The number of amidine groups is 1. The summed E-state index contributed by atoms with van der Waals surface area (Å²) in [6.45, 7) is 6.01. The van der Waals surface area contributed by atoms with Gasteiger partial charge in [0.2, 0.25) is 11.6 Å². The summed E-state index contributed by atoms with van der Waals surface area (Å²) in [6, 6.07) is 29.8. The summed E-state index contributed by atoms with van der Waals surface area (Å²) in [5.74, 6) is -6.94. The van der Waals surface area contributed by atoms with Crippen molar-refractivity contribution < 1.29 is 49.4 Å². The lowest BCUT2D eigenvalue weighted by Gasteiger charge is -2.36. The number of carboxylic acids is 2. The molecule has 14 heteroatoms. The Bertz CT molecular complexity index is 1880. The number of carbonyl (C=O) groups excluding carboxylic acids is 2. The van der Waals surface area contributed by atoms with Gasteiger partial charge in [-0.1, -0.05) is 103 Å². The Kier molecular flexibility index (Phi) is 12.9. The van der Waals surface area contributed by atoms with Crippen molar-refractivity contribution in [2.24, 2.45) is 4.99 Å². The fourth-order valence-corrected chi connectivity index (χ4v) is 6.90.